The molecule has 10 atom stereocenters. The van der Waals surface area contributed by atoms with Crippen molar-refractivity contribution in [2.45, 2.75) is 116 Å². The van der Waals surface area contributed by atoms with E-state index in [4.69, 9.17) is 9.47 Å². The predicted molar refractivity (Wildman–Crippen MR) is 194 cm³/mol. The summed E-state index contributed by atoms with van der Waals surface area (Å²) < 4.78 is 11.8. The van der Waals surface area contributed by atoms with Crippen LogP contribution in [0.5, 0.6) is 0 Å². The molecule has 13 heteroatoms. The lowest BCUT2D eigenvalue weighted by Gasteiger charge is -2.40. The Kier molecular flexibility index (Phi) is 15.4. The summed E-state index contributed by atoms with van der Waals surface area (Å²) in [4.78, 5) is 69.4. The van der Waals surface area contributed by atoms with Gasteiger partial charge in [-0.1, -0.05) is 70.9 Å². The van der Waals surface area contributed by atoms with E-state index in [9.17, 15) is 29.1 Å². The predicted octanol–water partition coefficient (Wildman–Crippen LogP) is 2.39. The number of hydrogen-bond acceptors (Lipinski definition) is 8. The summed E-state index contributed by atoms with van der Waals surface area (Å²) in [6.45, 7) is 11.4. The molecule has 0 radical (unpaired) electrons. The number of likely N-dealkylation sites (N-methyl/N-ethyl adjacent to an activating group) is 2. The van der Waals surface area contributed by atoms with E-state index in [-0.39, 0.29) is 61.0 Å². The van der Waals surface area contributed by atoms with Gasteiger partial charge in [-0.25, -0.2) is 4.79 Å². The lowest BCUT2D eigenvalue weighted by atomic mass is 9.90. The number of carboxylic acid groups (broad SMARTS) is 1. The number of likely N-dealkylation sites (tertiary alicyclic amines) is 1. The average molecular weight is 716 g/mol. The number of carbonyl (C=O) groups is 5. The Morgan fingerprint density at radius 2 is 1.65 bits per heavy atom. The van der Waals surface area contributed by atoms with Gasteiger partial charge in [-0.15, -0.1) is 0 Å². The third-order valence-electron chi connectivity index (χ3n) is 11.0. The van der Waals surface area contributed by atoms with Crippen LogP contribution in [0.1, 0.15) is 71.4 Å². The molecule has 2 fully saturated rings. The zero-order chi connectivity index (χ0) is 38.2. The van der Waals surface area contributed by atoms with Gasteiger partial charge in [0.25, 0.3) is 0 Å². The normalized spacial score (nSPS) is 22.2. The lowest BCUT2D eigenvalue weighted by Crippen LogP contribution is -2.56. The second kappa shape index (κ2) is 18.8. The molecule has 1 saturated carbocycles. The van der Waals surface area contributed by atoms with E-state index in [1.54, 1.807) is 25.9 Å². The quantitative estimate of drug-likeness (QED) is 0.159. The zero-order valence-corrected chi connectivity index (χ0v) is 32.1. The van der Waals surface area contributed by atoms with Crippen molar-refractivity contribution >= 4 is 29.6 Å². The highest BCUT2D eigenvalue weighted by Gasteiger charge is 2.57. The molecule has 51 heavy (non-hydrogen) atoms. The SMILES string of the molecule is CC[C@H](C)[C@@H]([C@@H](CC(=O)N1[C@H]2C[C@H]2C[C@H]1[C@H](OC)[C@@H](C)C(=O)N[C@@H](Cc1ccc(C)cc1)C(=O)O)OC)N(C)C(=O)CNC(=O)[C@@H](NC)C(C)C. The number of hydrogen-bond donors (Lipinski definition) is 4. The Balaban J connectivity index is 1.73. The smallest absolute Gasteiger partial charge is 0.326 e. The molecule has 0 aromatic heterocycles. The number of ether oxygens (including phenoxy) is 2. The van der Waals surface area contributed by atoms with Crippen LogP contribution in [0.4, 0.5) is 0 Å². The number of benzene rings is 1. The number of aliphatic carboxylic acids is 1. The molecule has 4 amide bonds. The van der Waals surface area contributed by atoms with Crippen LogP contribution in [0.25, 0.3) is 0 Å². The van der Waals surface area contributed by atoms with Crippen molar-refractivity contribution in [3.63, 3.8) is 0 Å². The lowest BCUT2D eigenvalue weighted by molar-refractivity contribution is -0.148. The Morgan fingerprint density at radius 3 is 2.18 bits per heavy atom. The summed E-state index contributed by atoms with van der Waals surface area (Å²) in [6.07, 6.45) is 1.13. The third-order valence-corrected chi connectivity index (χ3v) is 11.0. The zero-order valence-electron chi connectivity index (χ0n) is 32.1. The van der Waals surface area contributed by atoms with Gasteiger partial charge in [0.1, 0.15) is 6.04 Å². The van der Waals surface area contributed by atoms with Gasteiger partial charge in [0.2, 0.25) is 23.6 Å². The highest BCUT2D eigenvalue weighted by atomic mass is 16.5. The molecule has 1 aromatic rings. The second-order valence-electron chi connectivity index (χ2n) is 14.8. The molecule has 0 bridgehead atoms. The Labute approximate surface area is 303 Å². The standard InChI is InChI=1S/C38H61N5O8/c1-11-23(5)34(42(8)32(45)20-40-37(47)33(39-7)21(2)3)30(50-9)19-31(44)43-28-17-26(28)18-29(43)35(51-10)24(6)36(46)41-27(38(48)49)16-25-14-12-22(4)13-15-25/h12-15,21,23-24,26-30,33-35,39H,11,16-20H2,1-10H3,(H,40,47)(H,41,46)(H,48,49)/t23-,24+,26-,27-,28-,29-,30+,33-,34-,35+/m0/s1. The number of carbonyl (C=O) groups excluding carboxylic acids is 4. The number of piperidine rings is 1. The minimum atomic E-state index is -1.13. The summed E-state index contributed by atoms with van der Waals surface area (Å²) in [7, 11) is 6.44. The van der Waals surface area contributed by atoms with Gasteiger partial charge < -0.3 is 40.3 Å². The van der Waals surface area contributed by atoms with Gasteiger partial charge in [-0.3, -0.25) is 19.2 Å². The Bertz CT molecular complexity index is 1360. The van der Waals surface area contributed by atoms with Crippen molar-refractivity contribution in [3.8, 4) is 0 Å². The summed E-state index contributed by atoms with van der Waals surface area (Å²) in [5.74, 6) is -2.70. The molecule has 1 aromatic carbocycles. The van der Waals surface area contributed by atoms with Crippen LogP contribution < -0.4 is 16.0 Å². The highest BCUT2D eigenvalue weighted by molar-refractivity contribution is 5.88. The fraction of sp³-hybridized carbons (Fsp3) is 0.711. The van der Waals surface area contributed by atoms with Crippen molar-refractivity contribution in [2.24, 2.45) is 23.7 Å². The van der Waals surface area contributed by atoms with Crippen molar-refractivity contribution in [1.29, 1.82) is 0 Å². The van der Waals surface area contributed by atoms with Crippen molar-refractivity contribution < 1.29 is 38.6 Å². The van der Waals surface area contributed by atoms with Crippen LogP contribution in [0.2, 0.25) is 0 Å². The van der Waals surface area contributed by atoms with Crippen LogP contribution in [-0.4, -0.2) is 122 Å². The highest BCUT2D eigenvalue weighted by Crippen LogP contribution is 2.50. The molecule has 0 unspecified atom stereocenters. The van der Waals surface area contributed by atoms with Gasteiger partial charge >= 0.3 is 5.97 Å². The monoisotopic (exact) mass is 715 g/mol. The van der Waals surface area contributed by atoms with Gasteiger partial charge in [-0.05, 0) is 50.1 Å². The maximum absolute atomic E-state index is 14.2. The molecule has 2 aliphatic rings. The van der Waals surface area contributed by atoms with Gasteiger partial charge in [0.15, 0.2) is 0 Å². The number of carboxylic acids is 1. The second-order valence-corrected chi connectivity index (χ2v) is 14.8. The number of aryl methyl sites for hydroxylation is 1. The van der Waals surface area contributed by atoms with E-state index in [1.807, 2.05) is 63.8 Å². The maximum atomic E-state index is 14.2. The molecule has 4 N–H and O–H groups in total. The van der Waals surface area contributed by atoms with Crippen LogP contribution in [0.3, 0.4) is 0 Å². The number of fused-ring (bicyclic) bond motifs is 1. The first-order valence-electron chi connectivity index (χ1n) is 18.3. The van der Waals surface area contributed by atoms with Crippen molar-refractivity contribution in [2.75, 3.05) is 34.9 Å². The summed E-state index contributed by atoms with van der Waals surface area (Å²) in [5, 5.41) is 18.4. The van der Waals surface area contributed by atoms with Crippen LogP contribution in [0.15, 0.2) is 24.3 Å². The van der Waals surface area contributed by atoms with E-state index in [0.717, 1.165) is 24.0 Å². The molecule has 3 rings (SSSR count). The first-order valence-corrected chi connectivity index (χ1v) is 18.3. The third kappa shape index (κ3) is 10.5. The van der Waals surface area contributed by atoms with Crippen molar-refractivity contribution in [3.05, 3.63) is 35.4 Å². The molecule has 0 spiro atoms. The topological polar surface area (TPSA) is 167 Å². The fourth-order valence-electron chi connectivity index (χ4n) is 7.66. The average Bonchev–Trinajstić information content (AvgIpc) is 3.75. The minimum Gasteiger partial charge on any atom is -0.480 e. The fourth-order valence-corrected chi connectivity index (χ4v) is 7.66. The molecule has 286 valence electrons. The summed E-state index contributed by atoms with van der Waals surface area (Å²) in [5.41, 5.74) is 1.85. The maximum Gasteiger partial charge on any atom is 0.326 e. The minimum absolute atomic E-state index is 0.0129. The number of rotatable bonds is 20. The van der Waals surface area contributed by atoms with Gasteiger partial charge in [-0.2, -0.15) is 0 Å². The van der Waals surface area contributed by atoms with E-state index in [1.165, 1.54) is 14.2 Å². The largest absolute Gasteiger partial charge is 0.480 e. The first-order chi connectivity index (χ1) is 24.1. The van der Waals surface area contributed by atoms with Crippen LogP contribution in [0, 0.1) is 30.6 Å². The molecule has 1 saturated heterocycles. The molecular weight excluding hydrogens is 654 g/mol. The van der Waals surface area contributed by atoms with Crippen LogP contribution in [-0.2, 0) is 39.9 Å². The summed E-state index contributed by atoms with van der Waals surface area (Å²) in [6, 6.07) is 5.15. The Hall–Kier alpha value is -3.55. The summed E-state index contributed by atoms with van der Waals surface area (Å²) >= 11 is 0. The molecule has 1 aliphatic carbocycles. The molecular formula is C38H61N5O8. The van der Waals surface area contributed by atoms with E-state index in [2.05, 4.69) is 16.0 Å². The van der Waals surface area contributed by atoms with E-state index >= 15 is 0 Å². The Morgan fingerprint density at radius 1 is 1.00 bits per heavy atom. The number of methoxy groups -OCH3 is 2. The van der Waals surface area contributed by atoms with Gasteiger partial charge in [0.05, 0.1) is 49.2 Å². The molecule has 1 aliphatic heterocycles. The van der Waals surface area contributed by atoms with Crippen molar-refractivity contribution in [1.82, 2.24) is 25.8 Å². The number of nitrogens with one attached hydrogen (secondary N) is 3. The molecule has 13 nitrogen and oxygen atoms in total. The first kappa shape index (κ1) is 41.9. The van der Waals surface area contributed by atoms with E-state index < -0.39 is 48.1 Å². The van der Waals surface area contributed by atoms with Gasteiger partial charge in [0, 0.05) is 33.7 Å². The number of nitrogens with zero attached hydrogens (tertiary/aromatic N) is 2. The number of amides is 4. The van der Waals surface area contributed by atoms with E-state index in [0.29, 0.717) is 12.3 Å². The van der Waals surface area contributed by atoms with Crippen LogP contribution >= 0.6 is 0 Å². The molecule has 1 heterocycles.